The molecule has 2 rings (SSSR count). The highest BCUT2D eigenvalue weighted by Crippen LogP contribution is 2.39. The van der Waals surface area contributed by atoms with Crippen LogP contribution in [0.1, 0.15) is 18.9 Å². The third-order valence-corrected chi connectivity index (χ3v) is 6.52. The second kappa shape index (κ2) is 6.08. The van der Waals surface area contributed by atoms with Crippen molar-refractivity contribution >= 4 is 36.4 Å². The third-order valence-electron chi connectivity index (χ3n) is 3.34. The summed E-state index contributed by atoms with van der Waals surface area (Å²) < 4.78 is 63.7. The molecule has 122 valence electrons. The summed E-state index contributed by atoms with van der Waals surface area (Å²) in [7, 11) is -3.76. The Bertz CT molecular complexity index is 766. The molecule has 0 N–H and O–H groups in total. The maximum atomic E-state index is 12.5. The molecule has 0 aliphatic rings. The summed E-state index contributed by atoms with van der Waals surface area (Å²) in [4.78, 5) is 0. The summed E-state index contributed by atoms with van der Waals surface area (Å²) >= 11 is 1.20. The highest BCUT2D eigenvalue weighted by atomic mass is 32.2. The molecule has 0 saturated heterocycles. The minimum Gasteiger partial charge on any atom is -0.260 e. The number of hydrogen-bond acceptors (Lipinski definition) is 3. The van der Waals surface area contributed by atoms with Crippen LogP contribution in [0.15, 0.2) is 24.3 Å². The van der Waals surface area contributed by atoms with Crippen LogP contribution in [0.2, 0.25) is 0 Å². The Labute approximate surface area is 131 Å². The lowest BCUT2D eigenvalue weighted by molar-refractivity contribution is -0.131. The summed E-state index contributed by atoms with van der Waals surface area (Å²) in [5.41, 5.74) is 0.694. The largest absolute Gasteiger partial charge is 0.390 e. The average Bonchev–Trinajstić information content (AvgIpc) is 2.75. The van der Waals surface area contributed by atoms with Gasteiger partial charge in [-0.25, -0.2) is 8.42 Å². The predicted octanol–water partition coefficient (Wildman–Crippen LogP) is 4.32. The molecule has 0 aliphatic heterocycles. The zero-order valence-corrected chi connectivity index (χ0v) is 13.8. The van der Waals surface area contributed by atoms with Crippen LogP contribution in [0.25, 0.3) is 10.1 Å². The van der Waals surface area contributed by atoms with Crippen LogP contribution in [0, 0.1) is 6.92 Å². The highest BCUT2D eigenvalue weighted by molar-refractivity contribution is 7.93. The molecule has 0 aliphatic carbocycles. The van der Waals surface area contributed by atoms with Crippen molar-refractivity contribution in [2.24, 2.45) is 0 Å². The number of sulfonamides is 1. The van der Waals surface area contributed by atoms with E-state index in [1.807, 2.05) is 24.3 Å². The molecule has 0 bridgehead atoms. The summed E-state index contributed by atoms with van der Waals surface area (Å²) in [5, 5.41) is 1.23. The molecule has 1 heterocycles. The van der Waals surface area contributed by atoms with Crippen LogP contribution in [0.4, 0.5) is 18.2 Å². The van der Waals surface area contributed by atoms with E-state index in [9.17, 15) is 21.6 Å². The lowest BCUT2D eigenvalue weighted by atomic mass is 10.2. The number of hydrogen-bond donors (Lipinski definition) is 0. The van der Waals surface area contributed by atoms with Gasteiger partial charge in [0, 0.05) is 11.2 Å². The molecule has 0 unspecified atom stereocenters. The Morgan fingerprint density at radius 3 is 2.41 bits per heavy atom. The zero-order valence-electron chi connectivity index (χ0n) is 12.1. The van der Waals surface area contributed by atoms with Crippen molar-refractivity contribution in [3.8, 4) is 0 Å². The maximum absolute atomic E-state index is 12.5. The number of alkyl halides is 3. The Balaban J connectivity index is 2.49. The van der Waals surface area contributed by atoms with Crippen LogP contribution >= 0.6 is 11.3 Å². The van der Waals surface area contributed by atoms with Gasteiger partial charge in [0.2, 0.25) is 10.0 Å². The molecule has 22 heavy (non-hydrogen) atoms. The van der Waals surface area contributed by atoms with E-state index in [1.165, 1.54) is 18.3 Å². The van der Waals surface area contributed by atoms with Crippen LogP contribution in [-0.4, -0.2) is 26.9 Å². The summed E-state index contributed by atoms with van der Waals surface area (Å²) in [5.74, 6) is -0.238. The van der Waals surface area contributed by atoms with Crippen LogP contribution < -0.4 is 4.31 Å². The van der Waals surface area contributed by atoms with Gasteiger partial charge in [0.15, 0.2) is 0 Å². The number of rotatable bonds is 5. The summed E-state index contributed by atoms with van der Waals surface area (Å²) in [6.45, 7) is 2.58. The van der Waals surface area contributed by atoms with E-state index in [0.717, 1.165) is 14.4 Å². The number of halogens is 3. The first-order chi connectivity index (χ1) is 10.2. The predicted molar refractivity (Wildman–Crippen MR) is 84.0 cm³/mol. The molecule has 0 amide bonds. The first-order valence-electron chi connectivity index (χ1n) is 6.71. The van der Waals surface area contributed by atoms with E-state index < -0.39 is 29.2 Å². The van der Waals surface area contributed by atoms with Gasteiger partial charge in [-0.15, -0.1) is 11.3 Å². The Hall–Kier alpha value is -1.28. The van der Waals surface area contributed by atoms with Gasteiger partial charge in [-0.2, -0.15) is 13.2 Å². The van der Waals surface area contributed by atoms with Crippen molar-refractivity contribution in [2.45, 2.75) is 26.4 Å². The smallest absolute Gasteiger partial charge is 0.260 e. The Morgan fingerprint density at radius 1 is 1.23 bits per heavy atom. The monoisotopic (exact) mass is 351 g/mol. The molecule has 2 aromatic rings. The first-order valence-corrected chi connectivity index (χ1v) is 9.13. The lowest BCUT2D eigenvalue weighted by Gasteiger charge is -2.23. The standard InChI is InChI=1S/C14H16F3NO2S2/c1-3-22(19,20)18(9-8-14(15,16)17)13-10(2)11-6-4-5-7-12(11)21-13/h4-7H,3,8-9H2,1-2H3. The van der Waals surface area contributed by atoms with Crippen molar-refractivity contribution in [3.05, 3.63) is 29.8 Å². The normalized spacial score (nSPS) is 12.8. The fraction of sp³-hybridized carbons (Fsp3) is 0.429. The third kappa shape index (κ3) is 3.55. The quantitative estimate of drug-likeness (QED) is 0.805. The molecule has 8 heteroatoms. The number of fused-ring (bicyclic) bond motifs is 1. The molecular formula is C14H16F3NO2S2. The summed E-state index contributed by atoms with van der Waals surface area (Å²) in [6.07, 6.45) is -5.56. The summed E-state index contributed by atoms with van der Waals surface area (Å²) in [6, 6.07) is 7.30. The molecule has 0 atom stereocenters. The average molecular weight is 351 g/mol. The van der Waals surface area contributed by atoms with Gasteiger partial charge >= 0.3 is 6.18 Å². The Kier molecular flexibility index (Phi) is 4.72. The van der Waals surface area contributed by atoms with Crippen molar-refractivity contribution in [3.63, 3.8) is 0 Å². The van der Waals surface area contributed by atoms with E-state index >= 15 is 0 Å². The fourth-order valence-electron chi connectivity index (χ4n) is 2.15. The molecule has 1 aromatic heterocycles. The molecule has 0 radical (unpaired) electrons. The van der Waals surface area contributed by atoms with Gasteiger partial charge < -0.3 is 0 Å². The van der Waals surface area contributed by atoms with E-state index in [4.69, 9.17) is 0 Å². The van der Waals surface area contributed by atoms with E-state index in [1.54, 1.807) is 6.92 Å². The van der Waals surface area contributed by atoms with Gasteiger partial charge in [0.1, 0.15) is 5.00 Å². The first kappa shape index (κ1) is 17.1. The second-order valence-electron chi connectivity index (χ2n) is 4.87. The molecule has 1 aromatic carbocycles. The van der Waals surface area contributed by atoms with Crippen molar-refractivity contribution in [1.29, 1.82) is 0 Å². The molecule has 0 saturated carbocycles. The van der Waals surface area contributed by atoms with Crippen LogP contribution in [0.5, 0.6) is 0 Å². The Morgan fingerprint density at radius 2 is 1.86 bits per heavy atom. The molecular weight excluding hydrogens is 335 g/mol. The van der Waals surface area contributed by atoms with Crippen molar-refractivity contribution in [2.75, 3.05) is 16.6 Å². The molecule has 0 spiro atoms. The molecule has 0 fully saturated rings. The number of nitrogens with zero attached hydrogens (tertiary/aromatic N) is 1. The number of aryl methyl sites for hydroxylation is 1. The second-order valence-corrected chi connectivity index (χ2v) is 8.08. The van der Waals surface area contributed by atoms with Crippen LogP contribution in [0.3, 0.4) is 0 Å². The van der Waals surface area contributed by atoms with Crippen molar-refractivity contribution < 1.29 is 21.6 Å². The molecule has 3 nitrogen and oxygen atoms in total. The van der Waals surface area contributed by atoms with Gasteiger partial charge in [0.05, 0.1) is 12.2 Å². The van der Waals surface area contributed by atoms with E-state index in [2.05, 4.69) is 0 Å². The van der Waals surface area contributed by atoms with Gasteiger partial charge in [0.25, 0.3) is 0 Å². The van der Waals surface area contributed by atoms with E-state index in [0.29, 0.717) is 10.6 Å². The highest BCUT2D eigenvalue weighted by Gasteiger charge is 2.32. The van der Waals surface area contributed by atoms with Gasteiger partial charge in [-0.1, -0.05) is 18.2 Å². The number of thiophene rings is 1. The minimum atomic E-state index is -4.40. The maximum Gasteiger partial charge on any atom is 0.390 e. The van der Waals surface area contributed by atoms with Gasteiger partial charge in [-0.05, 0) is 30.9 Å². The number of benzene rings is 1. The SMILES string of the molecule is CCS(=O)(=O)N(CCC(F)(F)F)c1sc2ccccc2c1C. The van der Waals surface area contributed by atoms with E-state index in [-0.39, 0.29) is 5.75 Å². The van der Waals surface area contributed by atoms with Gasteiger partial charge in [-0.3, -0.25) is 4.31 Å². The number of anilines is 1. The topological polar surface area (TPSA) is 37.4 Å². The van der Waals surface area contributed by atoms with Crippen molar-refractivity contribution in [1.82, 2.24) is 0 Å². The van der Waals surface area contributed by atoms with Crippen LogP contribution in [-0.2, 0) is 10.0 Å². The zero-order chi connectivity index (χ0) is 16.5. The minimum absolute atomic E-state index is 0.238. The fourth-order valence-corrected chi connectivity index (χ4v) is 4.82. The lowest BCUT2D eigenvalue weighted by Crippen LogP contribution is -2.35.